The van der Waals surface area contributed by atoms with Crippen molar-refractivity contribution < 1.29 is 8.42 Å². The quantitative estimate of drug-likeness (QED) is 0.799. The highest BCUT2D eigenvalue weighted by Gasteiger charge is 2.11. The van der Waals surface area contributed by atoms with Gasteiger partial charge in [0.05, 0.1) is 5.75 Å². The Kier molecular flexibility index (Phi) is 4.65. The number of benzene rings is 1. The van der Waals surface area contributed by atoms with Crippen molar-refractivity contribution in [1.29, 1.82) is 0 Å². The molecule has 3 nitrogen and oxygen atoms in total. The minimum atomic E-state index is -3.47. The molecule has 0 N–H and O–H groups in total. The van der Waals surface area contributed by atoms with Gasteiger partial charge in [0.15, 0.2) is 0 Å². The van der Waals surface area contributed by atoms with Crippen LogP contribution in [-0.2, 0) is 21.3 Å². The molecular formula is C13H18ClNO2S. The fourth-order valence-corrected chi connectivity index (χ4v) is 3.35. The van der Waals surface area contributed by atoms with E-state index in [0.717, 1.165) is 30.8 Å². The molecule has 18 heavy (non-hydrogen) atoms. The highest BCUT2D eigenvalue weighted by molar-refractivity contribution is 8.13. The summed E-state index contributed by atoms with van der Waals surface area (Å²) in [6, 6.07) is 7.68. The fraction of sp³-hybridized carbons (Fsp3) is 0.538. The van der Waals surface area contributed by atoms with E-state index in [9.17, 15) is 8.42 Å². The molecule has 0 spiro atoms. The maximum atomic E-state index is 11.1. The molecule has 0 amide bonds. The van der Waals surface area contributed by atoms with E-state index in [1.165, 1.54) is 19.3 Å². The second kappa shape index (κ2) is 6.04. The molecule has 1 fully saturated rings. The Morgan fingerprint density at radius 3 is 2.44 bits per heavy atom. The van der Waals surface area contributed by atoms with Gasteiger partial charge in [-0.15, -0.1) is 0 Å². The number of hydrogen-bond donors (Lipinski definition) is 0. The van der Waals surface area contributed by atoms with Crippen LogP contribution >= 0.6 is 10.7 Å². The highest BCUT2D eigenvalue weighted by atomic mass is 35.7. The number of likely N-dealkylation sites (tertiary alicyclic amines) is 1. The van der Waals surface area contributed by atoms with Gasteiger partial charge >= 0.3 is 0 Å². The van der Waals surface area contributed by atoms with Gasteiger partial charge in [0.1, 0.15) is 0 Å². The summed E-state index contributed by atoms with van der Waals surface area (Å²) in [5, 5.41) is 0. The molecule has 0 aromatic heterocycles. The van der Waals surface area contributed by atoms with Crippen molar-refractivity contribution in [2.75, 3.05) is 13.1 Å². The van der Waals surface area contributed by atoms with Gasteiger partial charge in [-0.1, -0.05) is 30.7 Å². The van der Waals surface area contributed by atoms with Crippen molar-refractivity contribution in [1.82, 2.24) is 4.90 Å². The van der Waals surface area contributed by atoms with Crippen molar-refractivity contribution in [3.05, 3.63) is 35.4 Å². The molecule has 0 atom stereocenters. The second-order valence-corrected chi connectivity index (χ2v) is 7.62. The predicted octanol–water partition coefficient (Wildman–Crippen LogP) is 2.74. The average molecular weight is 288 g/mol. The zero-order valence-corrected chi connectivity index (χ0v) is 11.9. The van der Waals surface area contributed by atoms with Crippen LogP contribution < -0.4 is 0 Å². The first-order valence-corrected chi connectivity index (χ1v) is 8.73. The van der Waals surface area contributed by atoms with E-state index in [4.69, 9.17) is 10.7 Å². The van der Waals surface area contributed by atoms with Crippen molar-refractivity contribution in [3.8, 4) is 0 Å². The molecule has 0 radical (unpaired) electrons. The van der Waals surface area contributed by atoms with E-state index in [2.05, 4.69) is 4.90 Å². The summed E-state index contributed by atoms with van der Waals surface area (Å²) in [6.07, 6.45) is 3.84. The maximum absolute atomic E-state index is 11.1. The molecule has 0 bridgehead atoms. The highest BCUT2D eigenvalue weighted by Crippen LogP contribution is 2.16. The molecule has 1 aliphatic rings. The molecule has 1 saturated heterocycles. The van der Waals surface area contributed by atoms with E-state index < -0.39 is 9.05 Å². The van der Waals surface area contributed by atoms with E-state index in [0.29, 0.717) is 0 Å². The number of halogens is 1. The third-order valence-corrected chi connectivity index (χ3v) is 4.19. The number of piperidine rings is 1. The average Bonchev–Trinajstić information content (AvgIpc) is 2.28. The van der Waals surface area contributed by atoms with Gasteiger partial charge in [-0.25, -0.2) is 8.42 Å². The molecule has 2 rings (SSSR count). The first kappa shape index (κ1) is 13.8. The molecule has 1 aromatic carbocycles. The van der Waals surface area contributed by atoms with E-state index in [1.54, 1.807) is 6.07 Å². The van der Waals surface area contributed by atoms with Gasteiger partial charge in [-0.3, -0.25) is 4.90 Å². The van der Waals surface area contributed by atoms with Crippen molar-refractivity contribution in [3.63, 3.8) is 0 Å². The number of nitrogens with zero attached hydrogens (tertiary/aromatic N) is 1. The standard InChI is InChI=1S/C13H18ClNO2S/c14-18(16,17)11-13-6-4-5-12(9-13)10-15-7-2-1-3-8-15/h4-6,9H,1-3,7-8,10-11H2. The van der Waals surface area contributed by atoms with Crippen LogP contribution in [0.1, 0.15) is 30.4 Å². The summed E-state index contributed by atoms with van der Waals surface area (Å²) in [4.78, 5) is 2.41. The SMILES string of the molecule is O=S(=O)(Cl)Cc1cccc(CN2CCCCC2)c1. The Labute approximate surface area is 113 Å². The lowest BCUT2D eigenvalue weighted by Crippen LogP contribution is -2.29. The van der Waals surface area contributed by atoms with Gasteiger partial charge in [0.25, 0.3) is 0 Å². The second-order valence-electron chi connectivity index (χ2n) is 4.84. The Morgan fingerprint density at radius 2 is 1.78 bits per heavy atom. The first-order chi connectivity index (χ1) is 8.53. The zero-order chi connectivity index (χ0) is 13.0. The molecule has 0 aliphatic carbocycles. The van der Waals surface area contributed by atoms with Crippen LogP contribution in [0.4, 0.5) is 0 Å². The lowest BCUT2D eigenvalue weighted by Gasteiger charge is -2.26. The van der Waals surface area contributed by atoms with Crippen molar-refractivity contribution in [2.45, 2.75) is 31.6 Å². The summed E-state index contributed by atoms with van der Waals surface area (Å²) < 4.78 is 22.1. The van der Waals surface area contributed by atoms with E-state index in [-0.39, 0.29) is 5.75 Å². The van der Waals surface area contributed by atoms with Crippen LogP contribution in [0.2, 0.25) is 0 Å². The molecule has 100 valence electrons. The van der Waals surface area contributed by atoms with Crippen molar-refractivity contribution >= 4 is 19.7 Å². The molecule has 1 aromatic rings. The van der Waals surface area contributed by atoms with Crippen LogP contribution in [0.15, 0.2) is 24.3 Å². The predicted molar refractivity (Wildman–Crippen MR) is 74.0 cm³/mol. The molecule has 0 saturated carbocycles. The molecule has 5 heteroatoms. The minimum Gasteiger partial charge on any atom is -0.299 e. The van der Waals surface area contributed by atoms with Gasteiger partial charge in [-0.2, -0.15) is 0 Å². The third kappa shape index (κ3) is 4.59. The maximum Gasteiger partial charge on any atom is 0.236 e. The number of hydrogen-bond acceptors (Lipinski definition) is 3. The van der Waals surface area contributed by atoms with Gasteiger partial charge in [0.2, 0.25) is 9.05 Å². The molecule has 0 unspecified atom stereocenters. The summed E-state index contributed by atoms with van der Waals surface area (Å²) >= 11 is 0. The minimum absolute atomic E-state index is 0.0948. The van der Waals surface area contributed by atoms with Gasteiger partial charge in [-0.05, 0) is 37.1 Å². The van der Waals surface area contributed by atoms with Crippen LogP contribution in [0.25, 0.3) is 0 Å². The normalized spacial score (nSPS) is 17.8. The van der Waals surface area contributed by atoms with Crippen LogP contribution in [-0.4, -0.2) is 26.4 Å². The Bertz CT molecular complexity index is 495. The monoisotopic (exact) mass is 287 g/mol. The first-order valence-electron chi connectivity index (χ1n) is 6.25. The van der Waals surface area contributed by atoms with E-state index >= 15 is 0 Å². The van der Waals surface area contributed by atoms with Gasteiger partial charge < -0.3 is 0 Å². The largest absolute Gasteiger partial charge is 0.299 e. The summed E-state index contributed by atoms with van der Waals surface area (Å²) in [7, 11) is 1.81. The number of rotatable bonds is 4. The zero-order valence-electron chi connectivity index (χ0n) is 10.3. The Morgan fingerprint density at radius 1 is 1.11 bits per heavy atom. The molecular weight excluding hydrogens is 270 g/mol. The summed E-state index contributed by atoms with van der Waals surface area (Å²) in [6.45, 7) is 3.17. The lowest BCUT2D eigenvalue weighted by atomic mass is 10.1. The molecule has 1 heterocycles. The third-order valence-electron chi connectivity index (χ3n) is 3.19. The smallest absolute Gasteiger partial charge is 0.236 e. The van der Waals surface area contributed by atoms with E-state index in [1.807, 2.05) is 18.2 Å². The summed E-state index contributed by atoms with van der Waals surface area (Å²) in [5.41, 5.74) is 1.93. The Hall–Kier alpha value is -0.580. The van der Waals surface area contributed by atoms with Crippen LogP contribution in [0, 0.1) is 0 Å². The molecule has 1 aliphatic heterocycles. The van der Waals surface area contributed by atoms with Crippen LogP contribution in [0.5, 0.6) is 0 Å². The van der Waals surface area contributed by atoms with Crippen molar-refractivity contribution in [2.24, 2.45) is 0 Å². The summed E-state index contributed by atoms with van der Waals surface area (Å²) in [5.74, 6) is -0.0948. The topological polar surface area (TPSA) is 37.4 Å². The lowest BCUT2D eigenvalue weighted by molar-refractivity contribution is 0.221. The van der Waals surface area contributed by atoms with Crippen LogP contribution in [0.3, 0.4) is 0 Å². The Balaban J connectivity index is 2.02. The van der Waals surface area contributed by atoms with Gasteiger partial charge in [0, 0.05) is 17.2 Å². The fourth-order valence-electron chi connectivity index (χ4n) is 2.39.